The van der Waals surface area contributed by atoms with Crippen molar-refractivity contribution in [2.24, 2.45) is 0 Å². The quantitative estimate of drug-likeness (QED) is 0.327. The summed E-state index contributed by atoms with van der Waals surface area (Å²) in [4.78, 5) is 13.3. The van der Waals surface area contributed by atoms with Gasteiger partial charge in [-0.15, -0.1) is 0 Å². The second-order valence-electron chi connectivity index (χ2n) is 5.96. The number of nitrogens with one attached hydrogen (secondary N) is 4. The number of hydrogen-bond acceptors (Lipinski definition) is 4. The SMILES string of the molecule is Cc1ccc(S(=O)(=O)N(C)CC(=O)NNC(=S)NCC[NH+](C)C)cc1. The van der Waals surface area contributed by atoms with Crippen molar-refractivity contribution in [3.63, 3.8) is 0 Å². The van der Waals surface area contributed by atoms with Crippen LogP contribution in [0.2, 0.25) is 0 Å². The Morgan fingerprint density at radius 3 is 2.36 bits per heavy atom. The van der Waals surface area contributed by atoms with Gasteiger partial charge in [0, 0.05) is 7.05 Å². The molecule has 1 amide bonds. The lowest BCUT2D eigenvalue weighted by molar-refractivity contribution is -0.856. The fourth-order valence-corrected chi connectivity index (χ4v) is 3.09. The van der Waals surface area contributed by atoms with Crippen LogP contribution in [0, 0.1) is 6.92 Å². The fraction of sp³-hybridized carbons (Fsp3) is 0.467. The van der Waals surface area contributed by atoms with E-state index >= 15 is 0 Å². The number of hydrazine groups is 1. The summed E-state index contributed by atoms with van der Waals surface area (Å²) in [6, 6.07) is 6.45. The number of thiocarbonyl (C=S) groups is 1. The van der Waals surface area contributed by atoms with Crippen LogP contribution in [0.5, 0.6) is 0 Å². The van der Waals surface area contributed by atoms with Gasteiger partial charge in [0.25, 0.3) is 5.91 Å². The van der Waals surface area contributed by atoms with Gasteiger partial charge in [0.1, 0.15) is 0 Å². The van der Waals surface area contributed by atoms with Crippen molar-refractivity contribution in [1.82, 2.24) is 20.5 Å². The minimum absolute atomic E-state index is 0.143. The van der Waals surface area contributed by atoms with Crippen LogP contribution in [0.25, 0.3) is 0 Å². The van der Waals surface area contributed by atoms with Crippen molar-refractivity contribution in [2.45, 2.75) is 11.8 Å². The van der Waals surface area contributed by atoms with Gasteiger partial charge in [-0.3, -0.25) is 15.6 Å². The molecule has 10 heteroatoms. The summed E-state index contributed by atoms with van der Waals surface area (Å²) in [5.41, 5.74) is 5.89. The molecule has 4 N–H and O–H groups in total. The Morgan fingerprint density at radius 2 is 1.80 bits per heavy atom. The lowest BCUT2D eigenvalue weighted by Gasteiger charge is -2.18. The van der Waals surface area contributed by atoms with Gasteiger partial charge >= 0.3 is 0 Å². The number of amides is 1. The third kappa shape index (κ3) is 7.34. The Labute approximate surface area is 154 Å². The molecule has 140 valence electrons. The molecular formula is C15H26N5O3S2+. The molecule has 1 aromatic rings. The maximum absolute atomic E-state index is 12.4. The molecule has 0 spiro atoms. The zero-order chi connectivity index (χ0) is 19.0. The van der Waals surface area contributed by atoms with Crippen LogP contribution < -0.4 is 21.1 Å². The van der Waals surface area contributed by atoms with Crippen molar-refractivity contribution in [1.29, 1.82) is 0 Å². The van der Waals surface area contributed by atoms with Gasteiger partial charge in [0.2, 0.25) is 10.0 Å². The summed E-state index contributed by atoms with van der Waals surface area (Å²) in [5, 5.41) is 3.21. The second-order valence-corrected chi connectivity index (χ2v) is 8.41. The molecular weight excluding hydrogens is 362 g/mol. The number of benzene rings is 1. The molecule has 0 radical (unpaired) electrons. The first-order valence-corrected chi connectivity index (χ1v) is 9.62. The standard InChI is InChI=1S/C15H25N5O3S2/c1-12-5-7-13(8-6-12)25(22,23)20(4)11-14(21)17-18-15(24)16-9-10-19(2)3/h5-8H,9-11H2,1-4H3,(H,17,21)(H2,16,18,24)/p+1. The molecule has 0 aliphatic heterocycles. The van der Waals surface area contributed by atoms with Crippen LogP contribution >= 0.6 is 12.2 Å². The first-order chi connectivity index (χ1) is 11.6. The van der Waals surface area contributed by atoms with E-state index in [1.807, 2.05) is 21.0 Å². The minimum Gasteiger partial charge on any atom is -0.356 e. The van der Waals surface area contributed by atoms with E-state index in [2.05, 4.69) is 16.2 Å². The van der Waals surface area contributed by atoms with E-state index < -0.39 is 15.9 Å². The van der Waals surface area contributed by atoms with Crippen molar-refractivity contribution >= 4 is 33.3 Å². The number of rotatable bonds is 7. The van der Waals surface area contributed by atoms with Gasteiger partial charge in [-0.1, -0.05) is 17.7 Å². The highest BCUT2D eigenvalue weighted by Crippen LogP contribution is 2.14. The number of quaternary nitrogens is 1. The first-order valence-electron chi connectivity index (χ1n) is 7.77. The summed E-state index contributed by atoms with van der Waals surface area (Å²) in [6.07, 6.45) is 0. The van der Waals surface area contributed by atoms with Gasteiger partial charge in [0.05, 0.1) is 38.6 Å². The maximum Gasteiger partial charge on any atom is 0.253 e. The van der Waals surface area contributed by atoms with Gasteiger partial charge in [-0.05, 0) is 31.3 Å². The number of sulfonamides is 1. The van der Waals surface area contributed by atoms with Gasteiger partial charge in [-0.2, -0.15) is 4.31 Å². The van der Waals surface area contributed by atoms with Crippen LogP contribution in [0.4, 0.5) is 0 Å². The summed E-state index contributed by atoms with van der Waals surface area (Å²) in [6.45, 7) is 3.07. The average molecular weight is 389 g/mol. The molecule has 0 atom stereocenters. The molecule has 0 bridgehead atoms. The molecule has 0 saturated carbocycles. The number of likely N-dealkylation sites (N-methyl/N-ethyl adjacent to an activating group) is 2. The predicted molar refractivity (Wildman–Crippen MR) is 101 cm³/mol. The molecule has 1 rings (SSSR count). The van der Waals surface area contributed by atoms with Crippen LogP contribution in [-0.4, -0.2) is 64.5 Å². The van der Waals surface area contributed by atoms with E-state index in [4.69, 9.17) is 12.2 Å². The summed E-state index contributed by atoms with van der Waals surface area (Å²) >= 11 is 5.02. The largest absolute Gasteiger partial charge is 0.356 e. The Hall–Kier alpha value is -1.75. The Bertz CT molecular complexity index is 690. The molecule has 0 heterocycles. The molecule has 0 fully saturated rings. The van der Waals surface area contributed by atoms with Gasteiger partial charge < -0.3 is 10.2 Å². The van der Waals surface area contributed by atoms with E-state index in [-0.39, 0.29) is 16.6 Å². The number of hydrogen-bond donors (Lipinski definition) is 4. The van der Waals surface area contributed by atoms with E-state index in [9.17, 15) is 13.2 Å². The Kier molecular flexibility index (Phi) is 8.23. The van der Waals surface area contributed by atoms with Gasteiger partial charge in [0.15, 0.2) is 5.11 Å². The summed E-state index contributed by atoms with van der Waals surface area (Å²) < 4.78 is 25.8. The maximum atomic E-state index is 12.4. The fourth-order valence-electron chi connectivity index (χ4n) is 1.81. The third-order valence-electron chi connectivity index (χ3n) is 3.32. The van der Waals surface area contributed by atoms with Crippen LogP contribution in [-0.2, 0) is 14.8 Å². The monoisotopic (exact) mass is 388 g/mol. The van der Waals surface area contributed by atoms with E-state index in [1.54, 1.807) is 12.1 Å². The zero-order valence-corrected chi connectivity index (χ0v) is 16.6. The summed E-state index contributed by atoms with van der Waals surface area (Å²) in [7, 11) is 1.67. The number of aryl methyl sites for hydroxylation is 1. The molecule has 0 aliphatic carbocycles. The highest BCUT2D eigenvalue weighted by atomic mass is 32.2. The van der Waals surface area contributed by atoms with E-state index in [0.29, 0.717) is 6.54 Å². The van der Waals surface area contributed by atoms with Crippen molar-refractivity contribution in [2.75, 3.05) is 40.8 Å². The molecule has 0 unspecified atom stereocenters. The lowest BCUT2D eigenvalue weighted by Crippen LogP contribution is -3.06. The van der Waals surface area contributed by atoms with Crippen molar-refractivity contribution in [3.8, 4) is 0 Å². The minimum atomic E-state index is -3.72. The van der Waals surface area contributed by atoms with Crippen molar-refractivity contribution in [3.05, 3.63) is 29.8 Å². The highest BCUT2D eigenvalue weighted by Gasteiger charge is 2.22. The number of carbonyl (C=O) groups is 1. The Morgan fingerprint density at radius 1 is 1.20 bits per heavy atom. The van der Waals surface area contributed by atoms with Gasteiger partial charge in [-0.25, -0.2) is 8.42 Å². The lowest BCUT2D eigenvalue weighted by atomic mass is 10.2. The third-order valence-corrected chi connectivity index (χ3v) is 5.39. The number of carbonyl (C=O) groups excluding carboxylic acids is 1. The average Bonchev–Trinajstić information content (AvgIpc) is 2.53. The smallest absolute Gasteiger partial charge is 0.253 e. The van der Waals surface area contributed by atoms with Crippen LogP contribution in [0.15, 0.2) is 29.2 Å². The molecule has 25 heavy (non-hydrogen) atoms. The Balaban J connectivity index is 2.48. The predicted octanol–water partition coefficient (Wildman–Crippen LogP) is -1.74. The molecule has 0 saturated heterocycles. The molecule has 8 nitrogen and oxygen atoms in total. The van der Waals surface area contributed by atoms with Crippen LogP contribution in [0.1, 0.15) is 5.56 Å². The van der Waals surface area contributed by atoms with Crippen LogP contribution in [0.3, 0.4) is 0 Å². The number of nitrogens with zero attached hydrogens (tertiary/aromatic N) is 1. The first kappa shape index (κ1) is 21.3. The normalized spacial score (nSPS) is 11.4. The van der Waals surface area contributed by atoms with E-state index in [0.717, 1.165) is 16.4 Å². The van der Waals surface area contributed by atoms with E-state index in [1.165, 1.54) is 24.1 Å². The summed E-state index contributed by atoms with van der Waals surface area (Å²) in [5.74, 6) is -0.513. The molecule has 1 aromatic carbocycles. The topological polar surface area (TPSA) is 95.0 Å². The second kappa shape index (κ2) is 9.66. The molecule has 0 aliphatic rings. The molecule has 0 aromatic heterocycles. The van der Waals surface area contributed by atoms with Crippen molar-refractivity contribution < 1.29 is 18.1 Å². The highest BCUT2D eigenvalue weighted by molar-refractivity contribution is 7.89. The zero-order valence-electron chi connectivity index (χ0n) is 14.9.